The molecule has 0 radical (unpaired) electrons. The van der Waals surface area contributed by atoms with Crippen LogP contribution in [0.15, 0.2) is 60.0 Å². The molecule has 1 aliphatic rings. The van der Waals surface area contributed by atoms with Gasteiger partial charge in [0.25, 0.3) is 0 Å². The summed E-state index contributed by atoms with van der Waals surface area (Å²) in [5.74, 6) is -0.224. The molecule has 0 spiro atoms. The minimum Gasteiger partial charge on any atom is -0.349 e. The van der Waals surface area contributed by atoms with Crippen molar-refractivity contribution in [2.75, 3.05) is 5.75 Å². The third kappa shape index (κ3) is 3.88. The van der Waals surface area contributed by atoms with Crippen LogP contribution in [0.25, 0.3) is 5.69 Å². The highest BCUT2D eigenvalue weighted by Crippen LogP contribution is 2.29. The summed E-state index contributed by atoms with van der Waals surface area (Å²) in [6, 6.07) is 14.7. The second-order valence-electron chi connectivity index (χ2n) is 6.43. The van der Waals surface area contributed by atoms with Crippen molar-refractivity contribution in [3.63, 3.8) is 0 Å². The number of fused-ring (bicyclic) bond motifs is 1. The molecule has 0 bridgehead atoms. The highest BCUT2D eigenvalue weighted by Gasteiger charge is 2.21. The fourth-order valence-electron chi connectivity index (χ4n) is 3.41. The lowest BCUT2D eigenvalue weighted by Crippen LogP contribution is -2.32. The molecule has 7 heteroatoms. The van der Waals surface area contributed by atoms with Gasteiger partial charge in [0.1, 0.15) is 12.1 Å². The number of rotatable bonds is 5. The smallest absolute Gasteiger partial charge is 0.230 e. The number of nitrogens with one attached hydrogen (secondary N) is 1. The van der Waals surface area contributed by atoms with Crippen LogP contribution in [0.1, 0.15) is 30.0 Å². The predicted octanol–water partition coefficient (Wildman–Crippen LogP) is 3.69. The first-order valence-electron chi connectivity index (χ1n) is 8.87. The number of benzene rings is 2. The first kappa shape index (κ1) is 17.7. The molecular weight excluding hydrogens is 363 g/mol. The van der Waals surface area contributed by atoms with E-state index in [1.54, 1.807) is 22.8 Å². The van der Waals surface area contributed by atoms with E-state index in [9.17, 15) is 9.18 Å². The van der Waals surface area contributed by atoms with Crippen LogP contribution in [-0.4, -0.2) is 26.4 Å². The van der Waals surface area contributed by atoms with Crippen LogP contribution in [0.4, 0.5) is 4.39 Å². The number of amides is 1. The number of carbonyl (C=O) groups excluding carboxylic acids is 1. The molecule has 27 heavy (non-hydrogen) atoms. The molecule has 1 N–H and O–H groups in total. The highest BCUT2D eigenvalue weighted by molar-refractivity contribution is 7.99. The van der Waals surface area contributed by atoms with Crippen LogP contribution in [0.5, 0.6) is 0 Å². The summed E-state index contributed by atoms with van der Waals surface area (Å²) in [5, 5.41) is 11.5. The van der Waals surface area contributed by atoms with Gasteiger partial charge in [-0.25, -0.2) is 4.39 Å². The second kappa shape index (κ2) is 7.92. The molecule has 0 fully saturated rings. The first-order chi connectivity index (χ1) is 13.2. The van der Waals surface area contributed by atoms with Crippen LogP contribution < -0.4 is 5.32 Å². The number of para-hydroxylation sites is 1. The van der Waals surface area contributed by atoms with Gasteiger partial charge in [0, 0.05) is 0 Å². The van der Waals surface area contributed by atoms with Crippen molar-refractivity contribution in [2.24, 2.45) is 0 Å². The van der Waals surface area contributed by atoms with E-state index in [0.717, 1.165) is 19.3 Å². The van der Waals surface area contributed by atoms with Crippen molar-refractivity contribution in [3.8, 4) is 5.69 Å². The molecule has 0 unspecified atom stereocenters. The fraction of sp³-hybridized carbons (Fsp3) is 0.250. The third-order valence-electron chi connectivity index (χ3n) is 4.67. The summed E-state index contributed by atoms with van der Waals surface area (Å²) in [4.78, 5) is 12.5. The summed E-state index contributed by atoms with van der Waals surface area (Å²) in [6.45, 7) is 0. The van der Waals surface area contributed by atoms with E-state index in [1.165, 1.54) is 35.3 Å². The molecule has 2 aromatic carbocycles. The van der Waals surface area contributed by atoms with Gasteiger partial charge >= 0.3 is 0 Å². The SMILES string of the molecule is O=C(CSc1nncn1-c1ccccc1F)N[C@H]1CCCc2ccccc21. The van der Waals surface area contributed by atoms with Crippen molar-refractivity contribution in [3.05, 3.63) is 71.8 Å². The van der Waals surface area contributed by atoms with Crippen LogP contribution >= 0.6 is 11.8 Å². The van der Waals surface area contributed by atoms with E-state index in [1.807, 2.05) is 12.1 Å². The van der Waals surface area contributed by atoms with Gasteiger partial charge in [0.05, 0.1) is 17.5 Å². The van der Waals surface area contributed by atoms with E-state index in [4.69, 9.17) is 0 Å². The number of aryl methyl sites for hydroxylation is 1. The zero-order valence-corrected chi connectivity index (χ0v) is 15.5. The number of hydrogen-bond donors (Lipinski definition) is 1. The molecule has 4 rings (SSSR count). The Balaban J connectivity index is 1.42. The Morgan fingerprint density at radius 1 is 1.22 bits per heavy atom. The zero-order valence-electron chi connectivity index (χ0n) is 14.6. The Hall–Kier alpha value is -2.67. The maximum absolute atomic E-state index is 14.0. The molecule has 1 aromatic heterocycles. The second-order valence-corrected chi connectivity index (χ2v) is 7.38. The number of aromatic nitrogens is 3. The van der Waals surface area contributed by atoms with Gasteiger partial charge < -0.3 is 5.32 Å². The van der Waals surface area contributed by atoms with E-state index < -0.39 is 0 Å². The predicted molar refractivity (Wildman–Crippen MR) is 102 cm³/mol. The Morgan fingerprint density at radius 2 is 2.04 bits per heavy atom. The lowest BCUT2D eigenvalue weighted by Gasteiger charge is -2.26. The lowest BCUT2D eigenvalue weighted by atomic mass is 9.88. The molecule has 1 aliphatic carbocycles. The maximum atomic E-state index is 14.0. The van der Waals surface area contributed by atoms with Crippen LogP contribution in [-0.2, 0) is 11.2 Å². The first-order valence-corrected chi connectivity index (χ1v) is 9.86. The Kier molecular flexibility index (Phi) is 5.20. The third-order valence-corrected chi connectivity index (χ3v) is 5.61. The highest BCUT2D eigenvalue weighted by atomic mass is 32.2. The molecule has 1 amide bonds. The molecule has 138 valence electrons. The molecular formula is C20H19FN4OS. The Morgan fingerprint density at radius 3 is 2.93 bits per heavy atom. The van der Waals surface area contributed by atoms with Crippen LogP contribution in [0.3, 0.4) is 0 Å². The normalized spacial score (nSPS) is 16.0. The number of hydrogen-bond acceptors (Lipinski definition) is 4. The molecule has 3 aromatic rings. The summed E-state index contributed by atoms with van der Waals surface area (Å²) >= 11 is 1.25. The van der Waals surface area contributed by atoms with Crippen molar-refractivity contribution in [1.29, 1.82) is 0 Å². The summed E-state index contributed by atoms with van der Waals surface area (Å²) in [6.07, 6.45) is 4.52. The van der Waals surface area contributed by atoms with Gasteiger partial charge in [-0.15, -0.1) is 10.2 Å². The van der Waals surface area contributed by atoms with E-state index in [-0.39, 0.29) is 23.5 Å². The van der Waals surface area contributed by atoms with E-state index in [0.29, 0.717) is 10.8 Å². The molecule has 0 saturated heterocycles. The summed E-state index contributed by atoms with van der Waals surface area (Å²) in [7, 11) is 0. The van der Waals surface area contributed by atoms with Gasteiger partial charge in [0.2, 0.25) is 5.91 Å². The Labute approximate surface area is 161 Å². The fourth-order valence-corrected chi connectivity index (χ4v) is 4.14. The van der Waals surface area contributed by atoms with Crippen LogP contribution in [0.2, 0.25) is 0 Å². The molecule has 0 saturated carbocycles. The maximum Gasteiger partial charge on any atom is 0.230 e. The summed E-state index contributed by atoms with van der Waals surface area (Å²) < 4.78 is 15.6. The molecule has 1 heterocycles. The van der Waals surface area contributed by atoms with Gasteiger partial charge in [0.15, 0.2) is 5.16 Å². The van der Waals surface area contributed by atoms with E-state index >= 15 is 0 Å². The average Bonchev–Trinajstić information content (AvgIpc) is 3.15. The van der Waals surface area contributed by atoms with E-state index in [2.05, 4.69) is 27.6 Å². The zero-order chi connectivity index (χ0) is 18.6. The molecule has 0 aliphatic heterocycles. The van der Waals surface area contributed by atoms with Gasteiger partial charge in [-0.2, -0.15) is 0 Å². The van der Waals surface area contributed by atoms with Crippen molar-refractivity contribution >= 4 is 17.7 Å². The Bertz CT molecular complexity index is 958. The molecule has 1 atom stereocenters. The van der Waals surface area contributed by atoms with Gasteiger partial charge in [-0.05, 0) is 42.5 Å². The number of carbonyl (C=O) groups is 1. The van der Waals surface area contributed by atoms with Crippen LogP contribution in [0, 0.1) is 5.82 Å². The van der Waals surface area contributed by atoms with Crippen molar-refractivity contribution < 1.29 is 9.18 Å². The lowest BCUT2D eigenvalue weighted by molar-refractivity contribution is -0.119. The number of nitrogens with zero attached hydrogens (tertiary/aromatic N) is 3. The minimum absolute atomic E-state index is 0.0486. The molecule has 5 nitrogen and oxygen atoms in total. The largest absolute Gasteiger partial charge is 0.349 e. The topological polar surface area (TPSA) is 59.8 Å². The van der Waals surface area contributed by atoms with Crippen molar-refractivity contribution in [2.45, 2.75) is 30.5 Å². The monoisotopic (exact) mass is 382 g/mol. The average molecular weight is 382 g/mol. The van der Waals surface area contributed by atoms with Gasteiger partial charge in [-0.3, -0.25) is 9.36 Å². The summed E-state index contributed by atoms with van der Waals surface area (Å²) in [5.41, 5.74) is 2.88. The van der Waals surface area contributed by atoms with Gasteiger partial charge in [-0.1, -0.05) is 48.2 Å². The number of thioether (sulfide) groups is 1. The quantitative estimate of drug-likeness (QED) is 0.684. The number of halogens is 1. The van der Waals surface area contributed by atoms with Crippen molar-refractivity contribution in [1.82, 2.24) is 20.1 Å². The minimum atomic E-state index is -0.359. The standard InChI is InChI=1S/C20H19FN4OS/c21-16-9-3-4-11-18(16)25-13-22-24-20(25)27-12-19(26)23-17-10-5-7-14-6-1-2-8-15(14)17/h1-4,6,8-9,11,13,17H,5,7,10,12H2,(H,23,26)/t17-/m0/s1.